The Bertz CT molecular complexity index is 934. The van der Waals surface area contributed by atoms with E-state index in [2.05, 4.69) is 11.4 Å². The Labute approximate surface area is 151 Å². The highest BCUT2D eigenvalue weighted by Crippen LogP contribution is 2.39. The number of anilines is 1. The molecule has 5 nitrogen and oxygen atoms in total. The molecule has 1 amide bonds. The van der Waals surface area contributed by atoms with Crippen LogP contribution in [0.4, 0.5) is 5.69 Å². The van der Waals surface area contributed by atoms with Crippen LogP contribution in [0.25, 0.3) is 0 Å². The van der Waals surface area contributed by atoms with Crippen molar-refractivity contribution in [1.82, 2.24) is 4.31 Å². The molecule has 2 aliphatic heterocycles. The Morgan fingerprint density at radius 1 is 1.24 bits per heavy atom. The van der Waals surface area contributed by atoms with Gasteiger partial charge in [-0.25, -0.2) is 8.42 Å². The first-order valence-electron chi connectivity index (χ1n) is 8.51. The van der Waals surface area contributed by atoms with Crippen LogP contribution in [0.1, 0.15) is 41.8 Å². The van der Waals surface area contributed by atoms with E-state index in [0.29, 0.717) is 24.3 Å². The lowest BCUT2D eigenvalue weighted by Crippen LogP contribution is -2.39. The number of fused-ring (bicyclic) bond motifs is 2. The monoisotopic (exact) mass is 376 g/mol. The van der Waals surface area contributed by atoms with E-state index in [1.165, 1.54) is 4.88 Å². The van der Waals surface area contributed by atoms with Crippen molar-refractivity contribution < 1.29 is 13.2 Å². The lowest BCUT2D eigenvalue weighted by molar-refractivity contribution is -0.116. The molecule has 0 aliphatic carbocycles. The Hall–Kier alpha value is -1.70. The molecule has 0 radical (unpaired) electrons. The summed E-state index contributed by atoms with van der Waals surface area (Å²) >= 11 is 1.71. The number of benzene rings is 1. The smallest absolute Gasteiger partial charge is 0.243 e. The first-order valence-corrected chi connectivity index (χ1v) is 10.8. The molecule has 4 rings (SSSR count). The molecule has 0 saturated carbocycles. The van der Waals surface area contributed by atoms with Gasteiger partial charge in [-0.3, -0.25) is 4.79 Å². The van der Waals surface area contributed by atoms with Gasteiger partial charge in [0.25, 0.3) is 0 Å². The van der Waals surface area contributed by atoms with Crippen LogP contribution in [0.15, 0.2) is 34.5 Å². The molecule has 132 valence electrons. The van der Waals surface area contributed by atoms with Crippen LogP contribution in [-0.4, -0.2) is 25.2 Å². The number of thiophene rings is 1. The van der Waals surface area contributed by atoms with Crippen LogP contribution in [0, 0.1) is 0 Å². The second-order valence-electron chi connectivity index (χ2n) is 6.46. The van der Waals surface area contributed by atoms with Crippen molar-refractivity contribution in [2.75, 3.05) is 11.9 Å². The Kier molecular flexibility index (Phi) is 4.17. The molecule has 0 saturated heterocycles. The van der Waals surface area contributed by atoms with Crippen LogP contribution in [-0.2, 0) is 27.7 Å². The molecule has 0 spiro atoms. The molecule has 1 aromatic carbocycles. The minimum atomic E-state index is -3.57. The normalized spacial score (nSPS) is 20.7. The van der Waals surface area contributed by atoms with E-state index >= 15 is 0 Å². The third kappa shape index (κ3) is 2.80. The van der Waals surface area contributed by atoms with E-state index in [1.807, 2.05) is 12.3 Å². The average molecular weight is 377 g/mol. The number of rotatable bonds is 3. The van der Waals surface area contributed by atoms with Gasteiger partial charge < -0.3 is 5.32 Å². The second-order valence-corrected chi connectivity index (χ2v) is 9.35. The molecule has 0 unspecified atom stereocenters. The summed E-state index contributed by atoms with van der Waals surface area (Å²) in [4.78, 5) is 13.1. The summed E-state index contributed by atoms with van der Waals surface area (Å²) in [5.41, 5.74) is 2.76. The molecule has 2 aromatic rings. The van der Waals surface area contributed by atoms with Gasteiger partial charge in [0.2, 0.25) is 15.9 Å². The fourth-order valence-corrected chi connectivity index (χ4v) is 6.40. The summed E-state index contributed by atoms with van der Waals surface area (Å²) in [7, 11) is -3.57. The summed E-state index contributed by atoms with van der Waals surface area (Å²) in [6, 6.07) is 6.99. The van der Waals surface area contributed by atoms with Gasteiger partial charge in [0.05, 0.1) is 10.9 Å². The summed E-state index contributed by atoms with van der Waals surface area (Å²) in [5.74, 6) is -0.0184. The summed E-state index contributed by atoms with van der Waals surface area (Å²) in [5, 5.41) is 4.85. The highest BCUT2D eigenvalue weighted by molar-refractivity contribution is 7.89. The van der Waals surface area contributed by atoms with E-state index in [0.717, 1.165) is 29.7 Å². The summed E-state index contributed by atoms with van der Waals surface area (Å²) < 4.78 is 28.2. The molecule has 7 heteroatoms. The number of hydrogen-bond acceptors (Lipinski definition) is 4. The third-order valence-electron chi connectivity index (χ3n) is 5.01. The van der Waals surface area contributed by atoms with E-state index in [-0.39, 0.29) is 11.9 Å². The molecule has 3 heterocycles. The van der Waals surface area contributed by atoms with Gasteiger partial charge in [0.15, 0.2) is 0 Å². The number of carbonyl (C=O) groups excluding carboxylic acids is 1. The number of sulfonamides is 1. The zero-order chi connectivity index (χ0) is 17.6. The zero-order valence-corrected chi connectivity index (χ0v) is 15.6. The van der Waals surface area contributed by atoms with Crippen molar-refractivity contribution in [2.45, 2.75) is 43.5 Å². The number of hydrogen-bond donors (Lipinski definition) is 1. The number of amides is 1. The van der Waals surface area contributed by atoms with Crippen LogP contribution >= 0.6 is 11.3 Å². The zero-order valence-electron chi connectivity index (χ0n) is 14.0. The number of aryl methyl sites for hydroxylation is 1. The van der Waals surface area contributed by atoms with Crippen LogP contribution in [0.3, 0.4) is 0 Å². The van der Waals surface area contributed by atoms with Crippen LogP contribution in [0.2, 0.25) is 0 Å². The summed E-state index contributed by atoms with van der Waals surface area (Å²) in [6.45, 7) is 2.55. The summed E-state index contributed by atoms with van der Waals surface area (Å²) in [6.07, 6.45) is 2.50. The largest absolute Gasteiger partial charge is 0.326 e. The van der Waals surface area contributed by atoms with Gasteiger partial charge >= 0.3 is 0 Å². The Balaban J connectivity index is 1.71. The van der Waals surface area contributed by atoms with Crippen molar-refractivity contribution in [3.05, 3.63) is 45.6 Å². The topological polar surface area (TPSA) is 66.5 Å². The third-order valence-corrected chi connectivity index (χ3v) is 7.91. The molecule has 0 fully saturated rings. The quantitative estimate of drug-likeness (QED) is 0.893. The van der Waals surface area contributed by atoms with Gasteiger partial charge in [-0.05, 0) is 60.0 Å². The molecule has 0 bridgehead atoms. The number of carbonyl (C=O) groups is 1. The highest BCUT2D eigenvalue weighted by Gasteiger charge is 2.36. The molecule has 2 aliphatic rings. The first-order chi connectivity index (χ1) is 12.0. The molecule has 1 aromatic heterocycles. The predicted octanol–water partition coefficient (Wildman–Crippen LogP) is 3.33. The molecule has 1 atom stereocenters. The van der Waals surface area contributed by atoms with E-state index in [4.69, 9.17) is 0 Å². The van der Waals surface area contributed by atoms with E-state index in [1.54, 1.807) is 33.8 Å². The first kappa shape index (κ1) is 16.8. The minimum Gasteiger partial charge on any atom is -0.326 e. The van der Waals surface area contributed by atoms with Crippen molar-refractivity contribution in [3.63, 3.8) is 0 Å². The maximum atomic E-state index is 13.3. The molecular formula is C18H20N2O3S2. The molecular weight excluding hydrogens is 356 g/mol. The fourth-order valence-electron chi connectivity index (χ4n) is 3.74. The molecule has 25 heavy (non-hydrogen) atoms. The Morgan fingerprint density at radius 3 is 2.88 bits per heavy atom. The lowest BCUT2D eigenvalue weighted by atomic mass is 10.0. The minimum absolute atomic E-state index is 0.0184. The second kappa shape index (κ2) is 6.23. The van der Waals surface area contributed by atoms with Gasteiger partial charge in [0.1, 0.15) is 0 Å². The van der Waals surface area contributed by atoms with E-state index < -0.39 is 10.0 Å². The van der Waals surface area contributed by atoms with Crippen LogP contribution in [0.5, 0.6) is 0 Å². The van der Waals surface area contributed by atoms with Crippen molar-refractivity contribution in [1.29, 1.82) is 0 Å². The fraction of sp³-hybridized carbons (Fsp3) is 0.389. The number of nitrogens with one attached hydrogen (secondary N) is 1. The maximum Gasteiger partial charge on any atom is 0.243 e. The Morgan fingerprint density at radius 2 is 2.08 bits per heavy atom. The average Bonchev–Trinajstić information content (AvgIpc) is 3.09. The molecule has 1 N–H and O–H groups in total. The van der Waals surface area contributed by atoms with Gasteiger partial charge in [0, 0.05) is 23.5 Å². The van der Waals surface area contributed by atoms with E-state index in [9.17, 15) is 13.2 Å². The van der Waals surface area contributed by atoms with Crippen LogP contribution < -0.4 is 5.32 Å². The van der Waals surface area contributed by atoms with Gasteiger partial charge in [-0.15, -0.1) is 11.3 Å². The number of nitrogens with zero attached hydrogens (tertiary/aromatic N) is 1. The lowest BCUT2D eigenvalue weighted by Gasteiger charge is -2.34. The highest BCUT2D eigenvalue weighted by atomic mass is 32.2. The van der Waals surface area contributed by atoms with Gasteiger partial charge in [-0.1, -0.05) is 6.92 Å². The standard InChI is InChI=1S/C18H20N2O3S2/c1-2-16-14-8-10-24-17(14)7-9-20(16)25(22,23)13-4-5-15-12(11-13)3-6-18(21)19-15/h4-5,8,10-11,16H,2-3,6-7,9H2,1H3,(H,19,21)/t16-/m0/s1. The van der Waals surface area contributed by atoms with Crippen molar-refractivity contribution >= 4 is 33.0 Å². The van der Waals surface area contributed by atoms with Crippen molar-refractivity contribution in [2.24, 2.45) is 0 Å². The predicted molar refractivity (Wildman–Crippen MR) is 98.3 cm³/mol. The maximum absolute atomic E-state index is 13.3. The van der Waals surface area contributed by atoms with Gasteiger partial charge in [-0.2, -0.15) is 4.31 Å². The van der Waals surface area contributed by atoms with Crippen molar-refractivity contribution in [3.8, 4) is 0 Å². The SMILES string of the molecule is CC[C@H]1c2ccsc2CCN1S(=O)(=O)c1ccc2c(c1)CCC(=O)N2.